The second-order valence-corrected chi connectivity index (χ2v) is 8.50. The molecule has 1 aromatic carbocycles. The molecule has 3 heterocycles. The number of nitrogens with zero attached hydrogens (tertiary/aromatic N) is 2. The number of benzene rings is 1. The molecule has 0 saturated heterocycles. The summed E-state index contributed by atoms with van der Waals surface area (Å²) in [5, 5.41) is 9.17. The summed E-state index contributed by atoms with van der Waals surface area (Å²) in [5.41, 5.74) is 7.01. The molecule has 3 aromatic rings. The Labute approximate surface area is 160 Å². The molecular formula is C22H28N4O. The zero-order valence-electron chi connectivity index (χ0n) is 16.8. The van der Waals surface area contributed by atoms with Crippen molar-refractivity contribution >= 4 is 16.8 Å². The summed E-state index contributed by atoms with van der Waals surface area (Å²) in [7, 11) is 0. The Hall–Kier alpha value is -2.56. The van der Waals surface area contributed by atoms with Gasteiger partial charge in [-0.25, -0.2) is 0 Å². The first-order chi connectivity index (χ1) is 12.8. The Kier molecular flexibility index (Phi) is 4.13. The van der Waals surface area contributed by atoms with Crippen LogP contribution in [0.5, 0.6) is 0 Å². The maximum absolute atomic E-state index is 11.7. The fraction of sp³-hybridized carbons (Fsp3) is 0.455. The molecule has 1 amide bonds. The number of carbonyl (C=O) groups excluding carboxylic acids is 1. The van der Waals surface area contributed by atoms with Gasteiger partial charge in [0.25, 0.3) is 0 Å². The highest BCUT2D eigenvalue weighted by Gasteiger charge is 2.33. The fourth-order valence-corrected chi connectivity index (χ4v) is 4.26. The van der Waals surface area contributed by atoms with Crippen molar-refractivity contribution in [2.75, 3.05) is 6.54 Å². The Morgan fingerprint density at radius 1 is 1.30 bits per heavy atom. The Morgan fingerprint density at radius 2 is 2.07 bits per heavy atom. The van der Waals surface area contributed by atoms with Gasteiger partial charge in [0.1, 0.15) is 0 Å². The molecule has 142 valence electrons. The number of nitrogens with one attached hydrogen (secondary N) is 2. The molecule has 0 radical (unpaired) electrons. The van der Waals surface area contributed by atoms with Gasteiger partial charge in [-0.15, -0.1) is 0 Å². The lowest BCUT2D eigenvalue weighted by Crippen LogP contribution is -2.35. The van der Waals surface area contributed by atoms with Crippen molar-refractivity contribution in [3.8, 4) is 0 Å². The third-order valence-corrected chi connectivity index (χ3v) is 6.03. The molecule has 4 rings (SSSR count). The molecule has 0 saturated carbocycles. The van der Waals surface area contributed by atoms with Crippen molar-refractivity contribution in [3.05, 3.63) is 52.5 Å². The van der Waals surface area contributed by atoms with E-state index in [1.807, 2.05) is 4.90 Å². The highest BCUT2D eigenvalue weighted by molar-refractivity contribution is 5.84. The summed E-state index contributed by atoms with van der Waals surface area (Å²) >= 11 is 0. The Balaban J connectivity index is 1.72. The predicted molar refractivity (Wildman–Crippen MR) is 108 cm³/mol. The topological polar surface area (TPSA) is 64.8 Å². The summed E-state index contributed by atoms with van der Waals surface area (Å²) < 4.78 is 0. The van der Waals surface area contributed by atoms with Crippen LogP contribution in [-0.2, 0) is 23.2 Å². The quantitative estimate of drug-likeness (QED) is 0.730. The van der Waals surface area contributed by atoms with Crippen molar-refractivity contribution in [2.45, 2.75) is 58.9 Å². The fourth-order valence-electron chi connectivity index (χ4n) is 4.26. The van der Waals surface area contributed by atoms with Crippen LogP contribution in [-0.4, -0.2) is 32.5 Å². The number of carbonyl (C=O) groups is 1. The summed E-state index contributed by atoms with van der Waals surface area (Å²) in [6, 6.07) is 6.72. The molecule has 1 aliphatic rings. The minimum absolute atomic E-state index is 0.120. The first-order valence-corrected chi connectivity index (χ1v) is 9.72. The Morgan fingerprint density at radius 3 is 2.78 bits per heavy atom. The number of aromatic nitrogens is 3. The maximum Gasteiger partial charge on any atom is 0.219 e. The van der Waals surface area contributed by atoms with E-state index in [0.717, 1.165) is 24.4 Å². The molecule has 2 N–H and O–H groups in total. The van der Waals surface area contributed by atoms with E-state index in [1.54, 1.807) is 6.92 Å². The van der Waals surface area contributed by atoms with Gasteiger partial charge in [-0.1, -0.05) is 39.8 Å². The molecule has 5 heteroatoms. The highest BCUT2D eigenvalue weighted by Crippen LogP contribution is 2.37. The Bertz CT molecular complexity index is 1010. The number of hydrogen-bond donors (Lipinski definition) is 2. The third-order valence-electron chi connectivity index (χ3n) is 6.03. The van der Waals surface area contributed by atoms with Gasteiger partial charge >= 0.3 is 0 Å². The van der Waals surface area contributed by atoms with Crippen molar-refractivity contribution in [3.63, 3.8) is 0 Å². The van der Waals surface area contributed by atoms with Gasteiger partial charge in [0.15, 0.2) is 0 Å². The summed E-state index contributed by atoms with van der Waals surface area (Å²) in [6.07, 6.45) is 2.98. The first-order valence-electron chi connectivity index (χ1n) is 9.72. The van der Waals surface area contributed by atoms with Crippen LogP contribution in [0.15, 0.2) is 24.4 Å². The number of H-pyrrole nitrogens is 2. The van der Waals surface area contributed by atoms with Gasteiger partial charge in [-0.05, 0) is 29.5 Å². The second kappa shape index (κ2) is 6.25. The van der Waals surface area contributed by atoms with Gasteiger partial charge in [-0.2, -0.15) is 5.10 Å². The van der Waals surface area contributed by atoms with E-state index in [1.165, 1.54) is 27.6 Å². The lowest BCUT2D eigenvalue weighted by atomic mass is 9.78. The molecular weight excluding hydrogens is 336 g/mol. The van der Waals surface area contributed by atoms with E-state index in [2.05, 4.69) is 67.3 Å². The van der Waals surface area contributed by atoms with Gasteiger partial charge in [0, 0.05) is 41.5 Å². The van der Waals surface area contributed by atoms with Crippen molar-refractivity contribution < 1.29 is 4.79 Å². The van der Waals surface area contributed by atoms with Gasteiger partial charge in [0.05, 0.1) is 17.9 Å². The lowest BCUT2D eigenvalue weighted by molar-refractivity contribution is -0.129. The molecule has 0 spiro atoms. The van der Waals surface area contributed by atoms with E-state index in [9.17, 15) is 4.79 Å². The summed E-state index contributed by atoms with van der Waals surface area (Å²) in [5.74, 6) is 0.620. The van der Waals surface area contributed by atoms with Crippen LogP contribution in [0.2, 0.25) is 0 Å². The number of fused-ring (bicyclic) bond motifs is 2. The maximum atomic E-state index is 11.7. The third kappa shape index (κ3) is 2.85. The minimum atomic E-state index is -0.209. The molecule has 0 bridgehead atoms. The second-order valence-electron chi connectivity index (χ2n) is 8.50. The normalized spacial score (nSPS) is 14.8. The van der Waals surface area contributed by atoms with Crippen molar-refractivity contribution in [1.29, 1.82) is 0 Å². The summed E-state index contributed by atoms with van der Waals surface area (Å²) in [6.45, 7) is 11.9. The predicted octanol–water partition coefficient (Wildman–Crippen LogP) is 4.24. The average Bonchev–Trinajstić information content (AvgIpc) is 3.24. The molecule has 27 heavy (non-hydrogen) atoms. The van der Waals surface area contributed by atoms with Crippen LogP contribution in [0, 0.1) is 0 Å². The van der Waals surface area contributed by atoms with Crippen LogP contribution < -0.4 is 0 Å². The highest BCUT2D eigenvalue weighted by atomic mass is 16.2. The lowest BCUT2D eigenvalue weighted by Gasteiger charge is -2.29. The number of hydrogen-bond acceptors (Lipinski definition) is 2. The number of rotatable bonds is 3. The van der Waals surface area contributed by atoms with Crippen molar-refractivity contribution in [1.82, 2.24) is 20.1 Å². The minimum Gasteiger partial charge on any atom is -0.361 e. The van der Waals surface area contributed by atoms with E-state index in [4.69, 9.17) is 0 Å². The molecule has 0 atom stereocenters. The van der Waals surface area contributed by atoms with E-state index in [-0.39, 0.29) is 11.3 Å². The zero-order chi connectivity index (χ0) is 19.3. The van der Waals surface area contributed by atoms with Gasteiger partial charge in [-0.3, -0.25) is 9.89 Å². The molecule has 0 fully saturated rings. The van der Waals surface area contributed by atoms with Gasteiger partial charge in [0.2, 0.25) is 5.91 Å². The molecule has 1 aliphatic heterocycles. The van der Waals surface area contributed by atoms with Crippen LogP contribution in [0.25, 0.3) is 10.9 Å². The van der Waals surface area contributed by atoms with E-state index in [0.29, 0.717) is 12.5 Å². The van der Waals surface area contributed by atoms with Crippen molar-refractivity contribution in [2.24, 2.45) is 0 Å². The monoisotopic (exact) mass is 364 g/mol. The largest absolute Gasteiger partial charge is 0.361 e. The van der Waals surface area contributed by atoms with Crippen LogP contribution >= 0.6 is 0 Å². The van der Waals surface area contributed by atoms with E-state index < -0.39 is 0 Å². The number of aromatic amines is 2. The van der Waals surface area contributed by atoms with Crippen LogP contribution in [0.3, 0.4) is 0 Å². The number of amides is 1. The molecule has 0 unspecified atom stereocenters. The molecule has 0 aliphatic carbocycles. The van der Waals surface area contributed by atoms with Crippen LogP contribution in [0.1, 0.15) is 68.6 Å². The summed E-state index contributed by atoms with van der Waals surface area (Å²) in [4.78, 5) is 17.0. The SMILES string of the molecule is CC(=O)N1CCc2c(C(C)(C)c3ccc4c(C(C)C)c[nH]c4c3)n[nH]c2C1. The molecule has 5 nitrogen and oxygen atoms in total. The van der Waals surface area contributed by atoms with E-state index >= 15 is 0 Å². The van der Waals surface area contributed by atoms with Gasteiger partial charge < -0.3 is 9.88 Å². The standard InChI is InChI=1S/C22H28N4O/c1-13(2)18-11-23-19-10-15(6-7-16(18)19)22(4,5)21-17-8-9-26(14(3)27)12-20(17)24-25-21/h6-7,10-11,13,23H,8-9,12H2,1-5H3,(H,24,25). The zero-order valence-corrected chi connectivity index (χ0v) is 16.8. The average molecular weight is 364 g/mol. The van der Waals surface area contributed by atoms with Crippen LogP contribution in [0.4, 0.5) is 0 Å². The first kappa shape index (κ1) is 17.8. The smallest absolute Gasteiger partial charge is 0.219 e. The molecule has 2 aromatic heterocycles.